The largest absolute Gasteiger partial charge is 0.497 e. The first-order chi connectivity index (χ1) is 12.6. The number of ether oxygens (including phenoxy) is 2. The first kappa shape index (κ1) is 18.3. The number of rotatable bonds is 7. The molecule has 2 N–H and O–H groups in total. The normalized spacial score (nSPS) is 19.9. The summed E-state index contributed by atoms with van der Waals surface area (Å²) in [6, 6.07) is 18.6. The van der Waals surface area contributed by atoms with E-state index >= 15 is 0 Å². The molecule has 2 aromatic carbocycles. The van der Waals surface area contributed by atoms with E-state index in [-0.39, 0.29) is 18.2 Å². The Bertz CT molecular complexity index is 714. The Hall–Kier alpha value is -2.53. The number of carbonyl (C=O) groups excluding carboxylic acids is 1. The van der Waals surface area contributed by atoms with Crippen LogP contribution >= 0.6 is 0 Å². The van der Waals surface area contributed by atoms with Crippen LogP contribution in [0.4, 0.5) is 4.79 Å². The average Bonchev–Trinajstić information content (AvgIpc) is 2.65. The summed E-state index contributed by atoms with van der Waals surface area (Å²) in [5, 5.41) is 6.52. The van der Waals surface area contributed by atoms with Crippen molar-refractivity contribution in [1.82, 2.24) is 10.6 Å². The minimum Gasteiger partial charge on any atom is -0.497 e. The zero-order valence-electron chi connectivity index (χ0n) is 15.3. The van der Waals surface area contributed by atoms with Crippen LogP contribution in [0.3, 0.4) is 0 Å². The summed E-state index contributed by atoms with van der Waals surface area (Å²) in [5.41, 5.74) is 2.19. The summed E-state index contributed by atoms with van der Waals surface area (Å²) < 4.78 is 10.5. The van der Waals surface area contributed by atoms with Crippen LogP contribution in [-0.4, -0.2) is 25.3 Å². The minimum atomic E-state index is -0.349. The molecule has 0 aliphatic heterocycles. The van der Waals surface area contributed by atoms with Crippen molar-refractivity contribution < 1.29 is 14.3 Å². The van der Waals surface area contributed by atoms with E-state index in [0.29, 0.717) is 12.6 Å². The lowest BCUT2D eigenvalue weighted by atomic mass is 9.86. The molecule has 0 radical (unpaired) electrons. The van der Waals surface area contributed by atoms with Crippen molar-refractivity contribution >= 4 is 6.09 Å². The fourth-order valence-electron chi connectivity index (χ4n) is 3.16. The Morgan fingerprint density at radius 1 is 1.12 bits per heavy atom. The van der Waals surface area contributed by atoms with Crippen LogP contribution in [0.2, 0.25) is 0 Å². The molecule has 0 aromatic heterocycles. The second-order valence-corrected chi connectivity index (χ2v) is 6.74. The van der Waals surface area contributed by atoms with Gasteiger partial charge in [-0.25, -0.2) is 4.79 Å². The zero-order chi connectivity index (χ0) is 18.4. The monoisotopic (exact) mass is 354 g/mol. The molecule has 5 nitrogen and oxygen atoms in total. The van der Waals surface area contributed by atoms with Gasteiger partial charge < -0.3 is 20.1 Å². The second-order valence-electron chi connectivity index (χ2n) is 6.74. The van der Waals surface area contributed by atoms with Crippen molar-refractivity contribution in [2.24, 2.45) is 0 Å². The lowest BCUT2D eigenvalue weighted by Crippen LogP contribution is -2.52. The first-order valence-electron chi connectivity index (χ1n) is 9.01. The fourth-order valence-corrected chi connectivity index (χ4v) is 3.16. The van der Waals surface area contributed by atoms with E-state index in [9.17, 15) is 4.79 Å². The van der Waals surface area contributed by atoms with Crippen LogP contribution in [0.5, 0.6) is 5.75 Å². The highest BCUT2D eigenvalue weighted by Gasteiger charge is 2.31. The number of amides is 1. The minimum absolute atomic E-state index is 0.174. The Morgan fingerprint density at radius 3 is 2.62 bits per heavy atom. The summed E-state index contributed by atoms with van der Waals surface area (Å²) in [7, 11) is 1.68. The lowest BCUT2D eigenvalue weighted by molar-refractivity contribution is 0.124. The molecule has 2 aromatic rings. The third kappa shape index (κ3) is 4.99. The number of nitrogens with one attached hydrogen (secondary N) is 2. The van der Waals surface area contributed by atoms with E-state index in [1.165, 1.54) is 5.56 Å². The SMILES string of the molecule is COc1cccc(C(C)NC2CC(NC(=O)OCc3ccccc3)C2)c1. The van der Waals surface area contributed by atoms with Gasteiger partial charge in [-0.1, -0.05) is 42.5 Å². The maximum absolute atomic E-state index is 11.9. The number of benzene rings is 2. The van der Waals surface area contributed by atoms with Crippen LogP contribution in [0, 0.1) is 0 Å². The number of hydrogen-bond donors (Lipinski definition) is 2. The van der Waals surface area contributed by atoms with E-state index in [4.69, 9.17) is 9.47 Å². The number of hydrogen-bond acceptors (Lipinski definition) is 4. The molecule has 1 fully saturated rings. The number of alkyl carbamates (subject to hydrolysis) is 1. The molecule has 1 amide bonds. The standard InChI is InChI=1S/C21H26N2O3/c1-15(17-9-6-10-20(11-17)25-2)22-18-12-19(13-18)23-21(24)26-14-16-7-4-3-5-8-16/h3-11,15,18-19,22H,12-14H2,1-2H3,(H,23,24). The van der Waals surface area contributed by atoms with Gasteiger partial charge in [-0.3, -0.25) is 0 Å². The predicted octanol–water partition coefficient (Wildman–Crippen LogP) is 3.80. The molecule has 26 heavy (non-hydrogen) atoms. The highest BCUT2D eigenvalue weighted by atomic mass is 16.5. The first-order valence-corrected chi connectivity index (χ1v) is 9.01. The van der Waals surface area contributed by atoms with E-state index < -0.39 is 0 Å². The molecule has 1 saturated carbocycles. The molecule has 5 heteroatoms. The van der Waals surface area contributed by atoms with Crippen molar-refractivity contribution in [2.45, 2.75) is 44.5 Å². The maximum Gasteiger partial charge on any atom is 0.407 e. The summed E-state index contributed by atoms with van der Waals surface area (Å²) >= 11 is 0. The van der Waals surface area contributed by atoms with E-state index in [1.807, 2.05) is 48.5 Å². The van der Waals surface area contributed by atoms with Crippen molar-refractivity contribution in [2.75, 3.05) is 7.11 Å². The van der Waals surface area contributed by atoms with Gasteiger partial charge in [0.2, 0.25) is 0 Å². The molecular formula is C21H26N2O3. The maximum atomic E-state index is 11.9. The Kier molecular flexibility index (Phi) is 6.12. The van der Waals surface area contributed by atoms with Gasteiger partial charge in [0.25, 0.3) is 0 Å². The highest BCUT2D eigenvalue weighted by Crippen LogP contribution is 2.25. The molecule has 1 unspecified atom stereocenters. The Balaban J connectivity index is 1.36. The quantitative estimate of drug-likeness (QED) is 0.794. The van der Waals surface area contributed by atoms with Crippen LogP contribution in [0.15, 0.2) is 54.6 Å². The van der Waals surface area contributed by atoms with E-state index in [1.54, 1.807) is 7.11 Å². The molecule has 1 aliphatic carbocycles. The second kappa shape index (κ2) is 8.72. The number of methoxy groups -OCH3 is 1. The third-order valence-corrected chi connectivity index (χ3v) is 4.75. The van der Waals surface area contributed by atoms with Crippen molar-refractivity contribution in [1.29, 1.82) is 0 Å². The highest BCUT2D eigenvalue weighted by molar-refractivity contribution is 5.67. The van der Waals surface area contributed by atoms with Gasteiger partial charge in [0.15, 0.2) is 0 Å². The lowest BCUT2D eigenvalue weighted by Gasteiger charge is -2.38. The Labute approximate surface area is 154 Å². The van der Waals surface area contributed by atoms with Gasteiger partial charge in [-0.2, -0.15) is 0 Å². The van der Waals surface area contributed by atoms with Crippen LogP contribution in [0.1, 0.15) is 36.9 Å². The Morgan fingerprint density at radius 2 is 1.88 bits per heavy atom. The molecule has 0 heterocycles. The molecule has 0 spiro atoms. The molecule has 0 saturated heterocycles. The molecule has 138 valence electrons. The smallest absolute Gasteiger partial charge is 0.407 e. The fraction of sp³-hybridized carbons (Fsp3) is 0.381. The van der Waals surface area contributed by atoms with Gasteiger partial charge >= 0.3 is 6.09 Å². The molecule has 1 aliphatic rings. The predicted molar refractivity (Wildman–Crippen MR) is 101 cm³/mol. The topological polar surface area (TPSA) is 59.6 Å². The van der Waals surface area contributed by atoms with Crippen molar-refractivity contribution in [3.8, 4) is 5.75 Å². The summed E-state index contributed by atoms with van der Waals surface area (Å²) in [4.78, 5) is 11.9. The van der Waals surface area contributed by atoms with E-state index in [0.717, 1.165) is 24.2 Å². The summed E-state index contributed by atoms with van der Waals surface area (Å²) in [5.74, 6) is 0.866. The molecule has 3 rings (SSSR count). The van der Waals surface area contributed by atoms with Crippen molar-refractivity contribution in [3.05, 3.63) is 65.7 Å². The molecule has 0 bridgehead atoms. The summed E-state index contributed by atoms with van der Waals surface area (Å²) in [6.07, 6.45) is 1.47. The van der Waals surface area contributed by atoms with Gasteiger partial charge in [-0.05, 0) is 43.0 Å². The van der Waals surface area contributed by atoms with Gasteiger partial charge in [0.05, 0.1) is 7.11 Å². The number of carbonyl (C=O) groups is 1. The molecular weight excluding hydrogens is 328 g/mol. The van der Waals surface area contributed by atoms with Crippen LogP contribution < -0.4 is 15.4 Å². The summed E-state index contributed by atoms with van der Waals surface area (Å²) in [6.45, 7) is 2.44. The van der Waals surface area contributed by atoms with E-state index in [2.05, 4.69) is 23.6 Å². The third-order valence-electron chi connectivity index (χ3n) is 4.75. The van der Waals surface area contributed by atoms with Gasteiger partial charge in [0.1, 0.15) is 12.4 Å². The average molecular weight is 354 g/mol. The van der Waals surface area contributed by atoms with Crippen molar-refractivity contribution in [3.63, 3.8) is 0 Å². The van der Waals surface area contributed by atoms with Gasteiger partial charge in [0, 0.05) is 18.1 Å². The van der Waals surface area contributed by atoms with Crippen LogP contribution in [-0.2, 0) is 11.3 Å². The molecule has 1 atom stereocenters. The van der Waals surface area contributed by atoms with Gasteiger partial charge in [-0.15, -0.1) is 0 Å². The van der Waals surface area contributed by atoms with Crippen LogP contribution in [0.25, 0.3) is 0 Å². The zero-order valence-corrected chi connectivity index (χ0v) is 15.3.